The predicted molar refractivity (Wildman–Crippen MR) is 258 cm³/mol. The van der Waals surface area contributed by atoms with Crippen molar-refractivity contribution in [2.45, 2.75) is 24.7 Å². The summed E-state index contributed by atoms with van der Waals surface area (Å²) in [6.45, 7) is 4.78. The molecule has 0 amide bonds. The standard InChI is InChI=1S/C58H42N2S/c1-57(2)48-25-12-14-27-50(48)58(51-28-15-13-26-49(51)57)47-24-11-9-23-45(47)56-52(58)29-17-30-53(56)60(43-36-37-55-46(38-43)44-22-10-16-31-54(44)61-55)42-34-32-41(33-35-42)59(39-18-5-3-6-19-39)40-20-7-4-8-21-40/h3-38H,1-2H3. The highest BCUT2D eigenvalue weighted by Gasteiger charge is 2.53. The van der Waals surface area contributed by atoms with Crippen LogP contribution in [0.25, 0.3) is 31.3 Å². The summed E-state index contributed by atoms with van der Waals surface area (Å²) in [5.41, 5.74) is 16.8. The maximum absolute atomic E-state index is 2.50. The maximum atomic E-state index is 2.50. The van der Waals surface area contributed by atoms with E-state index in [0.717, 1.165) is 34.1 Å². The van der Waals surface area contributed by atoms with Crippen LogP contribution in [-0.4, -0.2) is 0 Å². The number of anilines is 6. The lowest BCUT2D eigenvalue weighted by Crippen LogP contribution is -2.40. The van der Waals surface area contributed by atoms with E-state index in [2.05, 4.69) is 242 Å². The number of thiophene rings is 1. The monoisotopic (exact) mass is 798 g/mol. The molecular formula is C58H42N2S. The number of rotatable bonds is 6. The van der Waals surface area contributed by atoms with Crippen molar-refractivity contribution >= 4 is 65.6 Å². The van der Waals surface area contributed by atoms with Crippen LogP contribution in [0.2, 0.25) is 0 Å². The summed E-state index contributed by atoms with van der Waals surface area (Å²) in [6.07, 6.45) is 0. The number of fused-ring (bicyclic) bond motifs is 12. The van der Waals surface area contributed by atoms with Gasteiger partial charge in [-0.05, 0) is 118 Å². The van der Waals surface area contributed by atoms with Crippen molar-refractivity contribution in [3.8, 4) is 11.1 Å². The van der Waals surface area contributed by atoms with E-state index in [-0.39, 0.29) is 5.41 Å². The summed E-state index contributed by atoms with van der Waals surface area (Å²) in [6, 6.07) is 80.9. The molecule has 0 saturated heterocycles. The molecule has 10 aromatic rings. The Labute approximate surface area is 361 Å². The number of nitrogens with zero attached hydrogens (tertiary/aromatic N) is 2. The van der Waals surface area contributed by atoms with Crippen LogP contribution in [-0.2, 0) is 10.8 Å². The molecule has 9 aromatic carbocycles. The third-order valence-electron chi connectivity index (χ3n) is 13.3. The lowest BCUT2D eigenvalue weighted by molar-refractivity contribution is 0.563. The largest absolute Gasteiger partial charge is 0.311 e. The van der Waals surface area contributed by atoms with Crippen molar-refractivity contribution in [1.82, 2.24) is 0 Å². The van der Waals surface area contributed by atoms with Crippen LogP contribution in [0, 0.1) is 0 Å². The fourth-order valence-corrected chi connectivity index (χ4v) is 11.8. The Balaban J connectivity index is 1.12. The minimum atomic E-state index is -0.487. The van der Waals surface area contributed by atoms with E-state index in [9.17, 15) is 0 Å². The Morgan fingerprint density at radius 1 is 0.344 bits per heavy atom. The fraction of sp³-hybridized carbons (Fsp3) is 0.0690. The zero-order valence-corrected chi connectivity index (χ0v) is 34.9. The molecular weight excluding hydrogens is 757 g/mol. The van der Waals surface area contributed by atoms with Crippen LogP contribution in [0.1, 0.15) is 47.2 Å². The minimum absolute atomic E-state index is 0.159. The Morgan fingerprint density at radius 3 is 1.48 bits per heavy atom. The number of hydrogen-bond acceptors (Lipinski definition) is 3. The van der Waals surface area contributed by atoms with Gasteiger partial charge < -0.3 is 9.80 Å². The summed E-state index contributed by atoms with van der Waals surface area (Å²) in [7, 11) is 0. The molecule has 1 spiro atoms. The van der Waals surface area contributed by atoms with Crippen LogP contribution in [0.3, 0.4) is 0 Å². The van der Waals surface area contributed by atoms with Crippen LogP contribution < -0.4 is 9.80 Å². The van der Waals surface area contributed by atoms with Gasteiger partial charge in [-0.1, -0.05) is 153 Å². The molecule has 0 fully saturated rings. The number of hydrogen-bond donors (Lipinski definition) is 0. The van der Waals surface area contributed by atoms with Crippen molar-refractivity contribution in [2.75, 3.05) is 9.80 Å². The molecule has 3 heteroatoms. The van der Waals surface area contributed by atoms with Crippen LogP contribution in [0.15, 0.2) is 218 Å². The van der Waals surface area contributed by atoms with Crippen molar-refractivity contribution in [2.24, 2.45) is 0 Å². The van der Waals surface area contributed by atoms with Gasteiger partial charge in [-0.15, -0.1) is 11.3 Å². The van der Waals surface area contributed by atoms with Gasteiger partial charge in [0.25, 0.3) is 0 Å². The highest BCUT2D eigenvalue weighted by molar-refractivity contribution is 7.25. The van der Waals surface area contributed by atoms with Gasteiger partial charge in [0.05, 0.1) is 11.1 Å². The number of benzene rings is 9. The van der Waals surface area contributed by atoms with Crippen molar-refractivity contribution in [1.29, 1.82) is 0 Å². The van der Waals surface area contributed by atoms with E-state index in [1.807, 2.05) is 11.3 Å². The SMILES string of the molecule is CC1(C)c2ccccc2C2(c3ccccc3-c3c(N(c4ccc(N(c5ccccc5)c5ccccc5)cc4)c4ccc5sc6ccccc6c5c4)cccc32)c2ccccc21. The van der Waals surface area contributed by atoms with Crippen LogP contribution >= 0.6 is 11.3 Å². The zero-order chi connectivity index (χ0) is 40.7. The third kappa shape index (κ3) is 5.20. The average molecular weight is 799 g/mol. The Kier molecular flexibility index (Phi) is 8.01. The summed E-state index contributed by atoms with van der Waals surface area (Å²) in [4.78, 5) is 4.83. The molecule has 12 rings (SSSR count). The second kappa shape index (κ2) is 13.7. The molecule has 0 N–H and O–H groups in total. The minimum Gasteiger partial charge on any atom is -0.311 e. The maximum Gasteiger partial charge on any atom is 0.0720 e. The Morgan fingerprint density at radius 2 is 0.820 bits per heavy atom. The molecule has 0 bridgehead atoms. The normalized spacial score (nSPS) is 14.0. The van der Waals surface area contributed by atoms with Gasteiger partial charge in [0, 0.05) is 59.6 Å². The Bertz CT molecular complexity index is 3200. The highest BCUT2D eigenvalue weighted by Crippen LogP contribution is 2.64. The lowest BCUT2D eigenvalue weighted by atomic mass is 9.55. The van der Waals surface area contributed by atoms with Gasteiger partial charge in [0.2, 0.25) is 0 Å². The first-order valence-corrected chi connectivity index (χ1v) is 22.0. The molecule has 2 aliphatic carbocycles. The second-order valence-corrected chi connectivity index (χ2v) is 17.9. The van der Waals surface area contributed by atoms with Gasteiger partial charge in [0.15, 0.2) is 0 Å². The predicted octanol–water partition coefficient (Wildman–Crippen LogP) is 16.0. The first-order chi connectivity index (χ1) is 30.0. The van der Waals surface area contributed by atoms with Crippen molar-refractivity contribution in [3.05, 3.63) is 252 Å². The molecule has 290 valence electrons. The van der Waals surface area contributed by atoms with Crippen molar-refractivity contribution in [3.63, 3.8) is 0 Å². The molecule has 1 aromatic heterocycles. The average Bonchev–Trinajstić information content (AvgIpc) is 3.84. The topological polar surface area (TPSA) is 6.48 Å². The highest BCUT2D eigenvalue weighted by atomic mass is 32.1. The van der Waals surface area contributed by atoms with E-state index in [1.165, 1.54) is 64.7 Å². The molecule has 0 saturated carbocycles. The third-order valence-corrected chi connectivity index (χ3v) is 14.5. The summed E-state index contributed by atoms with van der Waals surface area (Å²) >= 11 is 1.86. The smallest absolute Gasteiger partial charge is 0.0720 e. The second-order valence-electron chi connectivity index (χ2n) is 16.8. The molecule has 2 aliphatic rings. The van der Waals surface area contributed by atoms with Crippen LogP contribution in [0.5, 0.6) is 0 Å². The molecule has 1 heterocycles. The molecule has 2 nitrogen and oxygen atoms in total. The molecule has 0 atom stereocenters. The van der Waals surface area contributed by atoms with Gasteiger partial charge in [-0.2, -0.15) is 0 Å². The zero-order valence-electron chi connectivity index (χ0n) is 34.1. The first-order valence-electron chi connectivity index (χ1n) is 21.2. The van der Waals surface area contributed by atoms with Crippen LogP contribution in [0.4, 0.5) is 34.1 Å². The quantitative estimate of drug-likeness (QED) is 0.165. The summed E-state index contributed by atoms with van der Waals surface area (Å²) < 4.78 is 2.60. The fourth-order valence-electron chi connectivity index (χ4n) is 10.7. The molecule has 0 radical (unpaired) electrons. The van der Waals surface area contributed by atoms with Gasteiger partial charge in [0.1, 0.15) is 0 Å². The first kappa shape index (κ1) is 35.7. The molecule has 0 aliphatic heterocycles. The number of para-hydroxylation sites is 2. The van der Waals surface area contributed by atoms with Gasteiger partial charge in [-0.25, -0.2) is 0 Å². The van der Waals surface area contributed by atoms with Gasteiger partial charge in [-0.3, -0.25) is 0 Å². The van der Waals surface area contributed by atoms with E-state index < -0.39 is 5.41 Å². The van der Waals surface area contributed by atoms with E-state index in [0.29, 0.717) is 0 Å². The van der Waals surface area contributed by atoms with Crippen molar-refractivity contribution < 1.29 is 0 Å². The molecule has 61 heavy (non-hydrogen) atoms. The van der Waals surface area contributed by atoms with Gasteiger partial charge >= 0.3 is 0 Å². The Hall–Kier alpha value is -7.20. The summed E-state index contributed by atoms with van der Waals surface area (Å²) in [5.74, 6) is 0. The van der Waals surface area contributed by atoms with E-state index >= 15 is 0 Å². The molecule has 0 unspecified atom stereocenters. The van der Waals surface area contributed by atoms with E-state index in [1.54, 1.807) is 0 Å². The summed E-state index contributed by atoms with van der Waals surface area (Å²) in [5, 5.41) is 2.57. The lowest BCUT2D eigenvalue weighted by Gasteiger charge is -2.46. The van der Waals surface area contributed by atoms with E-state index in [4.69, 9.17) is 0 Å².